The van der Waals surface area contributed by atoms with E-state index in [4.69, 9.17) is 24.2 Å². The number of fused-ring (bicyclic) bond motifs is 1. The Morgan fingerprint density at radius 2 is 1.80 bits per heavy atom. The van der Waals surface area contributed by atoms with Crippen molar-refractivity contribution >= 4 is 35.3 Å². The van der Waals surface area contributed by atoms with Crippen LogP contribution in [-0.4, -0.2) is 98.4 Å². The molecule has 45 heavy (non-hydrogen) atoms. The second-order valence-electron chi connectivity index (χ2n) is 11.8. The predicted molar refractivity (Wildman–Crippen MR) is 170 cm³/mol. The van der Waals surface area contributed by atoms with Crippen molar-refractivity contribution in [3.05, 3.63) is 53.4 Å². The molecule has 0 aromatic carbocycles. The van der Waals surface area contributed by atoms with Crippen LogP contribution in [0, 0.1) is 5.21 Å². The summed E-state index contributed by atoms with van der Waals surface area (Å²) < 4.78 is 20.4. The van der Waals surface area contributed by atoms with Crippen molar-refractivity contribution in [3.63, 3.8) is 0 Å². The molecule has 2 aliphatic rings. The average molecular weight is 617 g/mol. The minimum Gasteiger partial charge on any atom is -0.741 e. The molecule has 14 nitrogen and oxygen atoms in total. The number of rotatable bonds is 11. The van der Waals surface area contributed by atoms with Gasteiger partial charge in [-0.05, 0) is 45.8 Å². The second kappa shape index (κ2) is 13.6. The van der Waals surface area contributed by atoms with Gasteiger partial charge in [0.05, 0.1) is 37.4 Å². The lowest BCUT2D eigenvalue weighted by Crippen LogP contribution is -2.37. The van der Waals surface area contributed by atoms with Gasteiger partial charge >= 0.3 is 5.95 Å². The molecule has 0 radical (unpaired) electrons. The van der Waals surface area contributed by atoms with Crippen LogP contribution in [0.2, 0.25) is 0 Å². The van der Waals surface area contributed by atoms with Crippen molar-refractivity contribution in [1.29, 1.82) is 0 Å². The standard InChI is InChI=1S/C31H40N10O4/c1-38(2)19-21-15-33-30(34-16-21)36-22-5-7-24(8-6-22)45-29-26-13-25(44-20-23-17-35-31(39(23)3)40(4)42)18-32-27(26)14-28(37-29)41-9-11-43-12-10-41/h13-18,22,24H,4-12,19-20H2,1-3H3,(H,33,34,36). The summed E-state index contributed by atoms with van der Waals surface area (Å²) in [7, 11) is 5.81. The van der Waals surface area contributed by atoms with Gasteiger partial charge in [-0.1, -0.05) is 4.98 Å². The van der Waals surface area contributed by atoms with E-state index in [1.807, 2.05) is 38.6 Å². The maximum absolute atomic E-state index is 11.6. The summed E-state index contributed by atoms with van der Waals surface area (Å²) in [6.45, 7) is 7.22. The van der Waals surface area contributed by atoms with Crippen LogP contribution in [0.3, 0.4) is 0 Å². The molecule has 5 heterocycles. The highest BCUT2D eigenvalue weighted by molar-refractivity contribution is 5.87. The quantitative estimate of drug-likeness (QED) is 0.114. The zero-order valence-corrected chi connectivity index (χ0v) is 26.1. The molecule has 1 saturated carbocycles. The smallest absolute Gasteiger partial charge is 0.398 e. The molecule has 14 heteroatoms. The number of pyridine rings is 2. The number of aromatic nitrogens is 6. The molecule has 1 N–H and O–H groups in total. The van der Waals surface area contributed by atoms with E-state index in [1.165, 1.54) is 0 Å². The van der Waals surface area contributed by atoms with Crippen LogP contribution in [0.1, 0.15) is 36.9 Å². The maximum atomic E-state index is 11.6. The molecule has 6 rings (SSSR count). The molecule has 0 spiro atoms. The van der Waals surface area contributed by atoms with E-state index in [2.05, 4.69) is 36.8 Å². The summed E-state index contributed by atoms with van der Waals surface area (Å²) in [5, 5.41) is 15.9. The Morgan fingerprint density at radius 1 is 1.04 bits per heavy atom. The number of morpholine rings is 1. The van der Waals surface area contributed by atoms with Crippen LogP contribution in [-0.2, 0) is 24.9 Å². The highest BCUT2D eigenvalue weighted by Crippen LogP contribution is 2.33. The van der Waals surface area contributed by atoms with E-state index in [-0.39, 0.29) is 24.7 Å². The van der Waals surface area contributed by atoms with E-state index < -0.39 is 0 Å². The zero-order valence-electron chi connectivity index (χ0n) is 26.1. The monoisotopic (exact) mass is 616 g/mol. The molecular formula is C31H40N10O4. The highest BCUT2D eigenvalue weighted by atomic mass is 16.5. The SMILES string of the molecule is C=[N+]([O-])c1ncc(COc2cnc3cc(N4CCOCC4)nc(OC4CCC(Nc5ncc(CN(C)C)cn5)CC4)c3c2)n1C. The zero-order chi connectivity index (χ0) is 31.3. The summed E-state index contributed by atoms with van der Waals surface area (Å²) in [4.78, 5) is 27.1. The maximum Gasteiger partial charge on any atom is 0.398 e. The summed E-state index contributed by atoms with van der Waals surface area (Å²) in [6, 6.07) is 4.18. The Morgan fingerprint density at radius 3 is 2.49 bits per heavy atom. The largest absolute Gasteiger partial charge is 0.741 e. The normalized spacial score (nSPS) is 18.7. The third-order valence-electron chi connectivity index (χ3n) is 8.10. The van der Waals surface area contributed by atoms with Gasteiger partial charge < -0.3 is 34.5 Å². The number of hydrogen-bond donors (Lipinski definition) is 1. The minimum absolute atomic E-state index is 0.0113. The van der Waals surface area contributed by atoms with Gasteiger partial charge in [0.2, 0.25) is 11.8 Å². The van der Waals surface area contributed by atoms with Gasteiger partial charge in [-0.25, -0.2) is 14.5 Å². The van der Waals surface area contributed by atoms with E-state index in [9.17, 15) is 5.21 Å². The number of nitrogens with zero attached hydrogens (tertiary/aromatic N) is 9. The molecule has 4 aromatic rings. The van der Waals surface area contributed by atoms with Gasteiger partial charge in [0, 0.05) is 56.4 Å². The van der Waals surface area contributed by atoms with Crippen LogP contribution in [0.4, 0.5) is 17.7 Å². The Kier molecular flexibility index (Phi) is 9.21. The number of imidazole rings is 1. The summed E-state index contributed by atoms with van der Waals surface area (Å²) in [5.74, 6) is 2.80. The molecule has 1 aliphatic heterocycles. The van der Waals surface area contributed by atoms with E-state index in [0.717, 1.165) is 73.3 Å². The molecule has 1 aliphatic carbocycles. The fourth-order valence-electron chi connectivity index (χ4n) is 5.68. The van der Waals surface area contributed by atoms with E-state index in [1.54, 1.807) is 24.0 Å². The van der Waals surface area contributed by atoms with Gasteiger partial charge in [-0.15, -0.1) is 0 Å². The second-order valence-corrected chi connectivity index (χ2v) is 11.8. The number of nitrogens with one attached hydrogen (secondary N) is 1. The fourth-order valence-corrected chi connectivity index (χ4v) is 5.68. The van der Waals surface area contributed by atoms with E-state index in [0.29, 0.717) is 35.5 Å². The van der Waals surface area contributed by atoms with E-state index >= 15 is 0 Å². The van der Waals surface area contributed by atoms with Gasteiger partial charge in [0.1, 0.15) is 30.5 Å². The van der Waals surface area contributed by atoms with Crippen LogP contribution in [0.25, 0.3) is 10.9 Å². The first-order valence-corrected chi connectivity index (χ1v) is 15.3. The first kappa shape index (κ1) is 30.5. The van der Waals surface area contributed by atoms with Crippen molar-refractivity contribution in [2.24, 2.45) is 7.05 Å². The lowest BCUT2D eigenvalue weighted by Gasteiger charge is -2.31. The summed E-state index contributed by atoms with van der Waals surface area (Å²) in [6.07, 6.45) is 10.7. The Bertz CT molecular complexity index is 1610. The highest BCUT2D eigenvalue weighted by Gasteiger charge is 2.25. The van der Waals surface area contributed by atoms with Gasteiger partial charge in [-0.2, -0.15) is 4.98 Å². The van der Waals surface area contributed by atoms with Gasteiger partial charge in [0.25, 0.3) is 0 Å². The van der Waals surface area contributed by atoms with Crippen molar-refractivity contribution in [2.45, 2.75) is 51.0 Å². The van der Waals surface area contributed by atoms with Crippen molar-refractivity contribution < 1.29 is 18.9 Å². The Balaban J connectivity index is 1.16. The average Bonchev–Trinajstić information content (AvgIpc) is 3.42. The van der Waals surface area contributed by atoms with Crippen molar-refractivity contribution in [3.8, 4) is 11.6 Å². The first-order valence-electron chi connectivity index (χ1n) is 15.3. The number of anilines is 2. The van der Waals surface area contributed by atoms with Crippen molar-refractivity contribution in [1.82, 2.24) is 34.4 Å². The van der Waals surface area contributed by atoms with Gasteiger partial charge in [-0.3, -0.25) is 9.72 Å². The molecule has 0 unspecified atom stereocenters. The topological polar surface area (TPSA) is 142 Å². The van der Waals surface area contributed by atoms with Crippen LogP contribution in [0.15, 0.2) is 36.9 Å². The molecule has 0 atom stereocenters. The van der Waals surface area contributed by atoms with Crippen LogP contribution < -0.4 is 19.7 Å². The van der Waals surface area contributed by atoms with Crippen LogP contribution >= 0.6 is 0 Å². The molecule has 238 valence electrons. The Hall–Kier alpha value is -4.56. The number of ether oxygens (including phenoxy) is 3. The Labute approximate surface area is 262 Å². The summed E-state index contributed by atoms with van der Waals surface area (Å²) in [5.41, 5.74) is 2.59. The molecule has 4 aromatic heterocycles. The first-order chi connectivity index (χ1) is 21.8. The minimum atomic E-state index is 0.0113. The van der Waals surface area contributed by atoms with Gasteiger partial charge in [0.15, 0.2) is 5.69 Å². The fraction of sp³-hybridized carbons (Fsp3) is 0.484. The lowest BCUT2D eigenvalue weighted by atomic mass is 9.93. The van der Waals surface area contributed by atoms with Crippen LogP contribution in [0.5, 0.6) is 11.6 Å². The molecule has 0 amide bonds. The predicted octanol–water partition coefficient (Wildman–Crippen LogP) is 3.28. The van der Waals surface area contributed by atoms with Crippen molar-refractivity contribution in [2.75, 3.05) is 50.6 Å². The lowest BCUT2D eigenvalue weighted by molar-refractivity contribution is -0.362. The summed E-state index contributed by atoms with van der Waals surface area (Å²) >= 11 is 0. The number of hydrogen-bond acceptors (Lipinski definition) is 12. The third kappa shape index (κ3) is 7.40. The molecule has 1 saturated heterocycles. The molecular weight excluding hydrogens is 576 g/mol. The third-order valence-corrected chi connectivity index (χ3v) is 8.10. The molecule has 2 fully saturated rings. The molecule has 0 bridgehead atoms.